The number of anilines is 2. The summed E-state index contributed by atoms with van der Waals surface area (Å²) in [6, 6.07) is 4.96. The summed E-state index contributed by atoms with van der Waals surface area (Å²) in [6.45, 7) is 1.16. The van der Waals surface area contributed by atoms with Crippen LogP contribution in [0.25, 0.3) is 10.9 Å². The van der Waals surface area contributed by atoms with Gasteiger partial charge in [0.25, 0.3) is 0 Å². The van der Waals surface area contributed by atoms with Crippen molar-refractivity contribution in [1.82, 2.24) is 4.98 Å². The summed E-state index contributed by atoms with van der Waals surface area (Å²) >= 11 is 0. The zero-order valence-electron chi connectivity index (χ0n) is 10.3. The quantitative estimate of drug-likeness (QED) is 0.804. The number of aromatic nitrogens is 1. The van der Waals surface area contributed by atoms with Crippen molar-refractivity contribution < 1.29 is 8.60 Å². The van der Waals surface area contributed by atoms with Crippen LogP contribution in [0.15, 0.2) is 24.4 Å². The van der Waals surface area contributed by atoms with Gasteiger partial charge in [0.1, 0.15) is 0 Å². The second-order valence-electron chi connectivity index (χ2n) is 4.53. The van der Waals surface area contributed by atoms with Gasteiger partial charge in [-0.15, -0.1) is 0 Å². The molecule has 1 aliphatic heterocycles. The van der Waals surface area contributed by atoms with E-state index in [0.29, 0.717) is 41.5 Å². The van der Waals surface area contributed by atoms with Crippen LogP contribution in [0.1, 0.15) is 0 Å². The number of rotatable bonds is 1. The van der Waals surface area contributed by atoms with Crippen molar-refractivity contribution in [3.05, 3.63) is 30.2 Å². The van der Waals surface area contributed by atoms with Crippen molar-refractivity contribution in [1.29, 1.82) is 0 Å². The van der Waals surface area contributed by atoms with Gasteiger partial charge in [0.05, 0.1) is 11.2 Å². The number of hydrogen-bond donors (Lipinski definition) is 1. The second-order valence-corrected chi connectivity index (χ2v) is 6.23. The Hall–Kier alpha value is -1.69. The number of fused-ring (bicyclic) bond motifs is 1. The second kappa shape index (κ2) is 4.77. The van der Waals surface area contributed by atoms with Gasteiger partial charge in [-0.25, -0.2) is 4.39 Å². The highest BCUT2D eigenvalue weighted by molar-refractivity contribution is 7.85. The number of nitrogens with zero attached hydrogens (tertiary/aromatic N) is 2. The molecule has 1 aromatic heterocycles. The van der Waals surface area contributed by atoms with Gasteiger partial charge in [0.2, 0.25) is 0 Å². The molecule has 19 heavy (non-hydrogen) atoms. The molecular formula is C13H14FN3OS. The molecule has 0 atom stereocenters. The normalized spacial score (nSPS) is 17.0. The molecule has 2 heterocycles. The first-order chi connectivity index (χ1) is 9.16. The van der Waals surface area contributed by atoms with Crippen LogP contribution in [0.3, 0.4) is 0 Å². The molecule has 1 saturated heterocycles. The Morgan fingerprint density at radius 3 is 2.84 bits per heavy atom. The van der Waals surface area contributed by atoms with Gasteiger partial charge in [-0.3, -0.25) is 9.19 Å². The van der Waals surface area contributed by atoms with E-state index in [4.69, 9.17) is 5.73 Å². The van der Waals surface area contributed by atoms with Crippen molar-refractivity contribution >= 4 is 33.1 Å². The number of nitrogen functional groups attached to an aromatic ring is 1. The van der Waals surface area contributed by atoms with Gasteiger partial charge in [-0.2, -0.15) is 0 Å². The molecule has 0 amide bonds. The zero-order valence-corrected chi connectivity index (χ0v) is 11.1. The molecule has 1 aliphatic rings. The van der Waals surface area contributed by atoms with Gasteiger partial charge >= 0.3 is 0 Å². The molecule has 2 N–H and O–H groups in total. The smallest absolute Gasteiger partial charge is 0.150 e. The van der Waals surface area contributed by atoms with Gasteiger partial charge < -0.3 is 10.6 Å². The molecule has 100 valence electrons. The predicted molar refractivity (Wildman–Crippen MR) is 76.2 cm³/mol. The Kier molecular flexibility index (Phi) is 3.10. The maximum atomic E-state index is 14.2. The molecule has 4 nitrogen and oxygen atoms in total. The molecule has 0 unspecified atom stereocenters. The van der Waals surface area contributed by atoms with Crippen LogP contribution in [0.5, 0.6) is 0 Å². The Bertz CT molecular complexity index is 652. The first kappa shape index (κ1) is 12.3. The molecule has 0 aliphatic carbocycles. The van der Waals surface area contributed by atoms with Crippen LogP contribution in [0.2, 0.25) is 0 Å². The summed E-state index contributed by atoms with van der Waals surface area (Å²) in [5.41, 5.74) is 7.27. The topological polar surface area (TPSA) is 59.2 Å². The third-order valence-corrected chi connectivity index (χ3v) is 4.62. The third-order valence-electron chi connectivity index (χ3n) is 3.35. The summed E-state index contributed by atoms with van der Waals surface area (Å²) in [4.78, 5) is 6.17. The van der Waals surface area contributed by atoms with Crippen LogP contribution in [0, 0.1) is 5.82 Å². The van der Waals surface area contributed by atoms with E-state index in [1.165, 1.54) is 6.07 Å². The van der Waals surface area contributed by atoms with E-state index in [1.807, 2.05) is 11.0 Å². The predicted octanol–water partition coefficient (Wildman–Crippen LogP) is 1.52. The highest BCUT2D eigenvalue weighted by atomic mass is 32.2. The van der Waals surface area contributed by atoms with Gasteiger partial charge in [0.15, 0.2) is 5.82 Å². The van der Waals surface area contributed by atoms with E-state index in [-0.39, 0.29) is 5.82 Å². The van der Waals surface area contributed by atoms with Crippen LogP contribution < -0.4 is 10.6 Å². The molecule has 0 bridgehead atoms. The van der Waals surface area contributed by atoms with E-state index in [9.17, 15) is 8.60 Å². The SMILES string of the molecule is Nc1cc(F)c(N2CCS(=O)CC2)c2ncccc12. The molecule has 6 heteroatoms. The van der Waals surface area contributed by atoms with Gasteiger partial charge in [-0.05, 0) is 18.2 Å². The Morgan fingerprint density at radius 1 is 1.37 bits per heavy atom. The Morgan fingerprint density at radius 2 is 2.11 bits per heavy atom. The average Bonchev–Trinajstić information content (AvgIpc) is 2.41. The highest BCUT2D eigenvalue weighted by Gasteiger charge is 2.22. The lowest BCUT2D eigenvalue weighted by molar-refractivity contribution is 0.619. The molecule has 0 spiro atoms. The lowest BCUT2D eigenvalue weighted by Crippen LogP contribution is -2.38. The maximum absolute atomic E-state index is 14.2. The Balaban J connectivity index is 2.15. The molecule has 2 aromatic rings. The first-order valence-corrected chi connectivity index (χ1v) is 7.58. The average molecular weight is 279 g/mol. The minimum absolute atomic E-state index is 0.364. The summed E-state index contributed by atoms with van der Waals surface area (Å²) < 4.78 is 25.6. The summed E-state index contributed by atoms with van der Waals surface area (Å²) in [7, 11) is -0.789. The highest BCUT2D eigenvalue weighted by Crippen LogP contribution is 2.32. The summed E-state index contributed by atoms with van der Waals surface area (Å²) in [5, 5.41) is 0.755. The number of pyridine rings is 1. The van der Waals surface area contributed by atoms with Gasteiger partial charge in [0, 0.05) is 52.7 Å². The van der Waals surface area contributed by atoms with Crippen LogP contribution in [-0.2, 0) is 10.8 Å². The molecule has 0 radical (unpaired) electrons. The first-order valence-electron chi connectivity index (χ1n) is 6.09. The molecule has 1 fully saturated rings. The monoisotopic (exact) mass is 279 g/mol. The number of halogens is 1. The van der Waals surface area contributed by atoms with Crippen molar-refractivity contribution in [2.75, 3.05) is 35.2 Å². The van der Waals surface area contributed by atoms with Gasteiger partial charge in [-0.1, -0.05) is 0 Å². The fourth-order valence-corrected chi connectivity index (χ4v) is 3.44. The molecule has 3 rings (SSSR count). The minimum Gasteiger partial charge on any atom is -0.398 e. The number of nitrogens with two attached hydrogens (primary N) is 1. The standard InChI is InChI=1S/C13H14FN3OS/c14-10-8-11(15)9-2-1-3-16-12(9)13(10)17-4-6-19(18)7-5-17/h1-3,8H,4-7,15H2. The molecule has 1 aromatic carbocycles. The van der Waals surface area contributed by atoms with E-state index < -0.39 is 10.8 Å². The third kappa shape index (κ3) is 2.16. The van der Waals surface area contributed by atoms with E-state index in [1.54, 1.807) is 12.3 Å². The van der Waals surface area contributed by atoms with Crippen molar-refractivity contribution in [3.8, 4) is 0 Å². The zero-order chi connectivity index (χ0) is 13.4. The van der Waals surface area contributed by atoms with Crippen molar-refractivity contribution in [2.24, 2.45) is 0 Å². The molecular weight excluding hydrogens is 265 g/mol. The molecule has 0 saturated carbocycles. The summed E-state index contributed by atoms with van der Waals surface area (Å²) in [6.07, 6.45) is 1.63. The van der Waals surface area contributed by atoms with Crippen LogP contribution >= 0.6 is 0 Å². The summed E-state index contributed by atoms with van der Waals surface area (Å²) in [5.74, 6) is 0.771. The minimum atomic E-state index is -0.789. The number of hydrogen-bond acceptors (Lipinski definition) is 4. The van der Waals surface area contributed by atoms with Crippen LogP contribution in [0.4, 0.5) is 15.8 Å². The van der Waals surface area contributed by atoms with E-state index >= 15 is 0 Å². The largest absolute Gasteiger partial charge is 0.398 e. The van der Waals surface area contributed by atoms with Crippen molar-refractivity contribution in [2.45, 2.75) is 0 Å². The number of benzene rings is 1. The van der Waals surface area contributed by atoms with Crippen LogP contribution in [-0.4, -0.2) is 33.8 Å². The fourth-order valence-electron chi connectivity index (χ4n) is 2.39. The lowest BCUT2D eigenvalue weighted by atomic mass is 10.1. The Labute approximate surface area is 112 Å². The lowest BCUT2D eigenvalue weighted by Gasteiger charge is -2.29. The van der Waals surface area contributed by atoms with E-state index in [0.717, 1.165) is 5.39 Å². The fraction of sp³-hybridized carbons (Fsp3) is 0.308. The van der Waals surface area contributed by atoms with Crippen molar-refractivity contribution in [3.63, 3.8) is 0 Å². The maximum Gasteiger partial charge on any atom is 0.150 e. The van der Waals surface area contributed by atoms with E-state index in [2.05, 4.69) is 4.98 Å².